The van der Waals surface area contributed by atoms with Crippen molar-refractivity contribution in [1.29, 1.82) is 0 Å². The number of carbonyl (C=O) groups excluding carboxylic acids is 1. The molecule has 0 aliphatic heterocycles. The van der Waals surface area contributed by atoms with Crippen LogP contribution in [0.3, 0.4) is 0 Å². The minimum Gasteiger partial charge on any atom is -0.457 e. The van der Waals surface area contributed by atoms with Crippen LogP contribution in [0.1, 0.15) is 5.69 Å². The maximum atomic E-state index is 12.1. The number of aryl methyl sites for hydroxylation is 1. The van der Waals surface area contributed by atoms with Crippen molar-refractivity contribution < 1.29 is 9.53 Å². The van der Waals surface area contributed by atoms with Crippen molar-refractivity contribution in [2.75, 3.05) is 11.1 Å². The smallest absolute Gasteiger partial charge is 0.251 e. The monoisotopic (exact) mass is 367 g/mol. The van der Waals surface area contributed by atoms with E-state index >= 15 is 0 Å². The van der Waals surface area contributed by atoms with Crippen molar-refractivity contribution in [2.45, 2.75) is 12.1 Å². The lowest BCUT2D eigenvalue weighted by molar-refractivity contribution is -0.113. The molecular weight excluding hydrogens is 350 g/mol. The van der Waals surface area contributed by atoms with Gasteiger partial charge in [-0.3, -0.25) is 9.59 Å². The number of hydrogen-bond acceptors (Lipinski definition) is 5. The highest BCUT2D eigenvalue weighted by atomic mass is 32.2. The van der Waals surface area contributed by atoms with Gasteiger partial charge in [0.25, 0.3) is 5.56 Å². The Labute approximate surface area is 154 Å². The minimum atomic E-state index is -0.230. The summed E-state index contributed by atoms with van der Waals surface area (Å²) in [6, 6.07) is 18.0. The van der Waals surface area contributed by atoms with Crippen LogP contribution in [0.5, 0.6) is 11.5 Å². The number of amides is 1. The van der Waals surface area contributed by atoms with E-state index in [1.165, 1.54) is 17.8 Å². The number of H-pyrrole nitrogens is 1. The number of aromatic amines is 1. The number of ether oxygens (including phenoxy) is 1. The first kappa shape index (κ1) is 17.8. The molecule has 1 aromatic heterocycles. The first-order chi connectivity index (χ1) is 12.6. The van der Waals surface area contributed by atoms with E-state index in [0.717, 1.165) is 5.75 Å². The molecule has 2 N–H and O–H groups in total. The first-order valence-corrected chi connectivity index (χ1v) is 8.91. The maximum Gasteiger partial charge on any atom is 0.251 e. The van der Waals surface area contributed by atoms with Crippen LogP contribution in [0.4, 0.5) is 5.69 Å². The number of aromatic nitrogens is 2. The number of nitrogens with one attached hydrogen (secondary N) is 2. The molecule has 3 rings (SSSR count). The van der Waals surface area contributed by atoms with Gasteiger partial charge in [-0.25, -0.2) is 4.98 Å². The number of benzene rings is 2. The summed E-state index contributed by atoms with van der Waals surface area (Å²) in [7, 11) is 0. The highest BCUT2D eigenvalue weighted by Gasteiger charge is 2.07. The van der Waals surface area contributed by atoms with E-state index in [0.29, 0.717) is 22.3 Å². The Kier molecular flexibility index (Phi) is 5.70. The third-order valence-corrected chi connectivity index (χ3v) is 4.16. The number of thioether (sulfide) groups is 1. The minimum absolute atomic E-state index is 0.135. The van der Waals surface area contributed by atoms with Crippen LogP contribution in [0.2, 0.25) is 0 Å². The van der Waals surface area contributed by atoms with Crippen LogP contribution in [-0.4, -0.2) is 21.6 Å². The molecule has 0 saturated carbocycles. The highest BCUT2D eigenvalue weighted by molar-refractivity contribution is 7.99. The van der Waals surface area contributed by atoms with Gasteiger partial charge in [-0.15, -0.1) is 0 Å². The van der Waals surface area contributed by atoms with E-state index in [4.69, 9.17) is 4.74 Å². The Hall–Kier alpha value is -3.06. The molecule has 0 aliphatic carbocycles. The van der Waals surface area contributed by atoms with Gasteiger partial charge in [0.05, 0.1) is 5.75 Å². The molecule has 0 saturated heterocycles. The predicted octanol–water partition coefficient (Wildman–Crippen LogP) is 3.60. The molecule has 0 unspecified atom stereocenters. The summed E-state index contributed by atoms with van der Waals surface area (Å²) in [5.74, 6) is 1.29. The Morgan fingerprint density at radius 3 is 2.65 bits per heavy atom. The summed E-state index contributed by atoms with van der Waals surface area (Å²) < 4.78 is 5.75. The summed E-state index contributed by atoms with van der Waals surface area (Å²) >= 11 is 1.17. The van der Waals surface area contributed by atoms with Crippen molar-refractivity contribution in [3.63, 3.8) is 0 Å². The summed E-state index contributed by atoms with van der Waals surface area (Å²) in [4.78, 5) is 30.3. The third-order valence-electron chi connectivity index (χ3n) is 3.28. The van der Waals surface area contributed by atoms with E-state index in [9.17, 15) is 9.59 Å². The van der Waals surface area contributed by atoms with Crippen molar-refractivity contribution in [2.24, 2.45) is 0 Å². The molecule has 1 amide bonds. The summed E-state index contributed by atoms with van der Waals surface area (Å²) in [5, 5.41) is 3.23. The van der Waals surface area contributed by atoms with Crippen molar-refractivity contribution in [1.82, 2.24) is 9.97 Å². The Bertz CT molecular complexity index is 957. The van der Waals surface area contributed by atoms with Gasteiger partial charge in [-0.1, -0.05) is 36.0 Å². The summed E-state index contributed by atoms with van der Waals surface area (Å²) in [6.45, 7) is 1.73. The van der Waals surface area contributed by atoms with Crippen molar-refractivity contribution in [3.8, 4) is 11.5 Å². The van der Waals surface area contributed by atoms with Crippen LogP contribution >= 0.6 is 11.8 Å². The largest absolute Gasteiger partial charge is 0.457 e. The second-order valence-electron chi connectivity index (χ2n) is 5.47. The Balaban J connectivity index is 1.59. The molecular formula is C19H17N3O3S. The van der Waals surface area contributed by atoms with Gasteiger partial charge in [-0.2, -0.15) is 0 Å². The average Bonchev–Trinajstić information content (AvgIpc) is 2.60. The lowest BCUT2D eigenvalue weighted by Gasteiger charge is -2.09. The number of para-hydroxylation sites is 1. The second-order valence-corrected chi connectivity index (χ2v) is 6.44. The maximum absolute atomic E-state index is 12.1. The van der Waals surface area contributed by atoms with Crippen LogP contribution in [-0.2, 0) is 4.79 Å². The van der Waals surface area contributed by atoms with Gasteiger partial charge in [0.1, 0.15) is 11.5 Å². The normalized spacial score (nSPS) is 10.3. The molecule has 1 heterocycles. The topological polar surface area (TPSA) is 84.1 Å². The van der Waals surface area contributed by atoms with Crippen molar-refractivity contribution in [3.05, 3.63) is 76.7 Å². The molecule has 0 bridgehead atoms. The van der Waals surface area contributed by atoms with E-state index < -0.39 is 0 Å². The lowest BCUT2D eigenvalue weighted by atomic mass is 10.3. The number of rotatable bonds is 6. The van der Waals surface area contributed by atoms with Crippen LogP contribution in [0.15, 0.2) is 70.6 Å². The number of carbonyl (C=O) groups is 1. The number of anilines is 1. The zero-order chi connectivity index (χ0) is 18.4. The van der Waals surface area contributed by atoms with E-state index in [1.807, 2.05) is 36.4 Å². The van der Waals surface area contributed by atoms with Gasteiger partial charge in [0.2, 0.25) is 5.91 Å². The van der Waals surface area contributed by atoms with E-state index in [2.05, 4.69) is 15.3 Å². The van der Waals surface area contributed by atoms with Crippen LogP contribution in [0, 0.1) is 6.92 Å². The molecule has 7 heteroatoms. The fourth-order valence-electron chi connectivity index (χ4n) is 2.21. The van der Waals surface area contributed by atoms with Gasteiger partial charge < -0.3 is 15.0 Å². The van der Waals surface area contributed by atoms with Gasteiger partial charge >= 0.3 is 0 Å². The predicted molar refractivity (Wildman–Crippen MR) is 102 cm³/mol. The van der Waals surface area contributed by atoms with Gasteiger partial charge in [0, 0.05) is 23.5 Å². The molecule has 0 radical (unpaired) electrons. The van der Waals surface area contributed by atoms with Gasteiger partial charge in [-0.05, 0) is 31.2 Å². The Morgan fingerprint density at radius 1 is 1.12 bits per heavy atom. The van der Waals surface area contributed by atoms with Crippen LogP contribution in [0.25, 0.3) is 0 Å². The van der Waals surface area contributed by atoms with E-state index in [1.54, 1.807) is 25.1 Å². The fourth-order valence-corrected chi connectivity index (χ4v) is 2.93. The number of hydrogen-bond donors (Lipinski definition) is 2. The molecule has 0 aliphatic rings. The van der Waals surface area contributed by atoms with Crippen LogP contribution < -0.4 is 15.6 Å². The fraction of sp³-hybridized carbons (Fsp3) is 0.105. The standard InChI is InChI=1S/C19H17N3O3S/c1-13-10-17(23)22-19(20-13)26-12-18(24)21-14-6-5-9-16(11-14)25-15-7-3-2-4-8-15/h2-11H,12H2,1H3,(H,21,24)(H,20,22,23). The Morgan fingerprint density at radius 2 is 1.88 bits per heavy atom. The SMILES string of the molecule is Cc1cc(=O)[nH]c(SCC(=O)Nc2cccc(Oc3ccccc3)c2)n1. The molecule has 0 spiro atoms. The zero-order valence-electron chi connectivity index (χ0n) is 14.1. The zero-order valence-corrected chi connectivity index (χ0v) is 14.9. The van der Waals surface area contributed by atoms with Gasteiger partial charge in [0.15, 0.2) is 5.16 Å². The lowest BCUT2D eigenvalue weighted by Crippen LogP contribution is -2.15. The quantitative estimate of drug-likeness (QED) is 0.514. The van der Waals surface area contributed by atoms with E-state index in [-0.39, 0.29) is 17.2 Å². The average molecular weight is 367 g/mol. The summed E-state index contributed by atoms with van der Waals surface area (Å²) in [6.07, 6.45) is 0. The number of nitrogens with zero attached hydrogens (tertiary/aromatic N) is 1. The third kappa shape index (κ3) is 5.22. The molecule has 132 valence electrons. The molecule has 26 heavy (non-hydrogen) atoms. The molecule has 3 aromatic rings. The first-order valence-electron chi connectivity index (χ1n) is 7.92. The van der Waals surface area contributed by atoms with Crippen molar-refractivity contribution >= 4 is 23.4 Å². The molecule has 6 nitrogen and oxygen atoms in total. The highest BCUT2D eigenvalue weighted by Crippen LogP contribution is 2.24. The molecule has 0 atom stereocenters. The molecule has 0 fully saturated rings. The second kappa shape index (κ2) is 8.35. The molecule has 2 aromatic carbocycles. The summed E-state index contributed by atoms with van der Waals surface area (Å²) in [5.41, 5.74) is 1.02.